The van der Waals surface area contributed by atoms with Gasteiger partial charge in [-0.05, 0) is 29.4 Å². The highest BCUT2D eigenvalue weighted by molar-refractivity contribution is 7.91. The third kappa shape index (κ3) is 3.13. The lowest BCUT2D eigenvalue weighted by Gasteiger charge is -2.18. The highest BCUT2D eigenvalue weighted by atomic mass is 32.2. The van der Waals surface area contributed by atoms with E-state index in [4.69, 9.17) is 5.73 Å². The normalized spacial score (nSPS) is 11.7. The van der Waals surface area contributed by atoms with E-state index in [-0.39, 0.29) is 16.5 Å². The van der Waals surface area contributed by atoms with Crippen LogP contribution < -0.4 is 10.6 Å². The Morgan fingerprint density at radius 3 is 2.80 bits per heavy atom. The fourth-order valence-electron chi connectivity index (χ4n) is 1.80. The number of likely N-dealkylation sites (N-methyl/N-ethyl adjacent to an activating group) is 1. The lowest BCUT2D eigenvalue weighted by atomic mass is 10.3. The van der Waals surface area contributed by atoms with Gasteiger partial charge in [-0.15, -0.1) is 11.3 Å². The molecule has 0 spiro atoms. The summed E-state index contributed by atoms with van der Waals surface area (Å²) in [4.78, 5) is 3.36. The quantitative estimate of drug-likeness (QED) is 0.878. The largest absolute Gasteiger partial charge is 0.382 e. The molecule has 0 saturated heterocycles. The molecule has 0 fully saturated rings. The molecule has 2 heterocycles. The van der Waals surface area contributed by atoms with E-state index in [1.54, 1.807) is 18.3 Å². The van der Waals surface area contributed by atoms with Crippen LogP contribution in [-0.2, 0) is 16.3 Å². The van der Waals surface area contributed by atoms with Gasteiger partial charge in [-0.1, -0.05) is 13.0 Å². The summed E-state index contributed by atoms with van der Waals surface area (Å²) in [5, 5.41) is 2.66. The van der Waals surface area contributed by atoms with Gasteiger partial charge in [0.2, 0.25) is 0 Å². The van der Waals surface area contributed by atoms with Crippen LogP contribution in [0.2, 0.25) is 0 Å². The average Bonchev–Trinajstić information content (AvgIpc) is 3.05. The van der Waals surface area contributed by atoms with Crippen LogP contribution in [0.4, 0.5) is 10.8 Å². The van der Waals surface area contributed by atoms with E-state index in [9.17, 15) is 8.42 Å². The van der Waals surface area contributed by atoms with Crippen molar-refractivity contribution < 1.29 is 8.42 Å². The monoisotopic (exact) mass is 331 g/mol. The van der Waals surface area contributed by atoms with Crippen LogP contribution in [0.5, 0.6) is 0 Å². The molecule has 2 aromatic heterocycles. The molecule has 20 heavy (non-hydrogen) atoms. The number of hydrogen-bond donors (Lipinski definition) is 1. The van der Waals surface area contributed by atoms with Gasteiger partial charge in [0, 0.05) is 18.5 Å². The van der Waals surface area contributed by atoms with Gasteiger partial charge in [0.15, 0.2) is 15.7 Å². The van der Waals surface area contributed by atoms with Crippen LogP contribution in [0.25, 0.3) is 0 Å². The Hall–Kier alpha value is -1.12. The minimum Gasteiger partial charge on any atom is -0.382 e. The van der Waals surface area contributed by atoms with Crippen molar-refractivity contribution in [1.82, 2.24) is 4.37 Å². The topological polar surface area (TPSA) is 76.3 Å². The fraction of sp³-hybridized carbons (Fsp3) is 0.417. The smallest absolute Gasteiger partial charge is 0.184 e. The van der Waals surface area contributed by atoms with E-state index in [0.29, 0.717) is 5.00 Å². The second-order valence-corrected chi connectivity index (χ2v) is 8.36. The van der Waals surface area contributed by atoms with Crippen molar-refractivity contribution in [3.8, 4) is 0 Å². The first-order chi connectivity index (χ1) is 9.45. The molecule has 2 aromatic rings. The summed E-state index contributed by atoms with van der Waals surface area (Å²) in [6, 6.07) is 4.08. The summed E-state index contributed by atoms with van der Waals surface area (Å²) in [7, 11) is -1.48. The zero-order valence-electron chi connectivity index (χ0n) is 11.4. The molecule has 110 valence electrons. The first kappa shape index (κ1) is 15.3. The van der Waals surface area contributed by atoms with E-state index in [2.05, 4.69) is 10.4 Å². The summed E-state index contributed by atoms with van der Waals surface area (Å²) in [5.41, 5.74) is 5.73. The number of nitrogens with two attached hydrogens (primary N) is 1. The van der Waals surface area contributed by atoms with Gasteiger partial charge in [0.1, 0.15) is 9.90 Å². The van der Waals surface area contributed by atoms with E-state index < -0.39 is 9.84 Å². The van der Waals surface area contributed by atoms with Crippen LogP contribution in [0.1, 0.15) is 11.8 Å². The second-order valence-electron chi connectivity index (χ2n) is 4.36. The Morgan fingerprint density at radius 1 is 1.45 bits per heavy atom. The molecule has 2 rings (SSSR count). The molecule has 0 radical (unpaired) electrons. The Balaban J connectivity index is 2.20. The van der Waals surface area contributed by atoms with Crippen LogP contribution in [0, 0.1) is 0 Å². The molecule has 8 heteroatoms. The number of anilines is 2. The predicted molar refractivity (Wildman–Crippen MR) is 85.5 cm³/mol. The summed E-state index contributed by atoms with van der Waals surface area (Å²) in [5.74, 6) is 0.135. The van der Waals surface area contributed by atoms with Gasteiger partial charge in [-0.25, -0.2) is 8.42 Å². The maximum absolute atomic E-state index is 12.1. The first-order valence-corrected chi connectivity index (χ1v) is 9.47. The number of thiophene rings is 1. The highest BCUT2D eigenvalue weighted by Crippen LogP contribution is 2.34. The van der Waals surface area contributed by atoms with Crippen LogP contribution in [-0.4, -0.2) is 32.1 Å². The molecule has 0 amide bonds. The van der Waals surface area contributed by atoms with E-state index >= 15 is 0 Å². The number of rotatable bonds is 6. The molecule has 0 aliphatic rings. The number of nitrogen functional groups attached to an aromatic ring is 1. The third-order valence-corrected chi connectivity index (χ3v) is 6.80. The fourth-order valence-corrected chi connectivity index (χ4v) is 4.82. The van der Waals surface area contributed by atoms with E-state index in [1.165, 1.54) is 4.88 Å². The number of sulfone groups is 1. The van der Waals surface area contributed by atoms with Crippen molar-refractivity contribution in [2.75, 3.05) is 30.0 Å². The van der Waals surface area contributed by atoms with Gasteiger partial charge in [-0.2, -0.15) is 4.37 Å². The van der Waals surface area contributed by atoms with Crippen molar-refractivity contribution in [3.05, 3.63) is 22.4 Å². The molecule has 0 bridgehead atoms. The van der Waals surface area contributed by atoms with Crippen LogP contribution in [0.15, 0.2) is 22.4 Å². The molecule has 0 aromatic carbocycles. The Morgan fingerprint density at radius 2 is 2.20 bits per heavy atom. The minimum atomic E-state index is -3.35. The van der Waals surface area contributed by atoms with Crippen LogP contribution in [0.3, 0.4) is 0 Å². The molecular weight excluding hydrogens is 314 g/mol. The molecule has 0 saturated carbocycles. The molecule has 5 nitrogen and oxygen atoms in total. The lowest BCUT2D eigenvalue weighted by Crippen LogP contribution is -2.21. The molecular formula is C12H17N3O2S3. The van der Waals surface area contributed by atoms with E-state index in [1.807, 2.05) is 23.4 Å². The Kier molecular flexibility index (Phi) is 4.66. The van der Waals surface area contributed by atoms with Crippen molar-refractivity contribution in [2.45, 2.75) is 18.2 Å². The summed E-state index contributed by atoms with van der Waals surface area (Å²) < 4.78 is 28.2. The Bertz CT molecular complexity index is 662. The number of nitrogens with zero attached hydrogens (tertiary/aromatic N) is 2. The van der Waals surface area contributed by atoms with Crippen molar-refractivity contribution >= 4 is 43.5 Å². The van der Waals surface area contributed by atoms with Gasteiger partial charge >= 0.3 is 0 Å². The van der Waals surface area contributed by atoms with Crippen molar-refractivity contribution in [1.29, 1.82) is 0 Å². The lowest BCUT2D eigenvalue weighted by molar-refractivity contribution is 0.597. The van der Waals surface area contributed by atoms with Crippen molar-refractivity contribution in [3.63, 3.8) is 0 Å². The maximum Gasteiger partial charge on any atom is 0.184 e. The molecule has 0 aliphatic carbocycles. The molecule has 0 atom stereocenters. The highest BCUT2D eigenvalue weighted by Gasteiger charge is 2.25. The summed E-state index contributed by atoms with van der Waals surface area (Å²) in [6.07, 6.45) is 0.873. The maximum atomic E-state index is 12.1. The third-order valence-electron chi connectivity index (χ3n) is 2.97. The van der Waals surface area contributed by atoms with Gasteiger partial charge in [-0.3, -0.25) is 0 Å². The van der Waals surface area contributed by atoms with Crippen molar-refractivity contribution in [2.24, 2.45) is 0 Å². The molecule has 0 aliphatic heterocycles. The zero-order chi connectivity index (χ0) is 14.8. The standard InChI is InChI=1S/C12H17N3O2S3/c1-3-20(16,17)10-11(13)14-19-12(10)15(2)7-6-9-5-4-8-18-9/h4-5,8H,3,6-7H2,1-2H3,(H2,13,14). The zero-order valence-corrected chi connectivity index (χ0v) is 13.8. The predicted octanol–water partition coefficient (Wildman–Crippen LogP) is 2.26. The average molecular weight is 331 g/mol. The molecule has 0 unspecified atom stereocenters. The summed E-state index contributed by atoms with van der Waals surface area (Å²) >= 11 is 2.84. The van der Waals surface area contributed by atoms with Gasteiger partial charge in [0.05, 0.1) is 5.75 Å². The number of hydrogen-bond acceptors (Lipinski definition) is 7. The minimum absolute atomic E-state index is 0.0291. The molecule has 2 N–H and O–H groups in total. The van der Waals surface area contributed by atoms with E-state index in [0.717, 1.165) is 24.5 Å². The van der Waals surface area contributed by atoms with Gasteiger partial charge in [0.25, 0.3) is 0 Å². The second kappa shape index (κ2) is 6.11. The summed E-state index contributed by atoms with van der Waals surface area (Å²) in [6.45, 7) is 2.34. The SMILES string of the molecule is CCS(=O)(=O)c1c(N)nsc1N(C)CCc1cccs1. The van der Waals surface area contributed by atoms with Gasteiger partial charge < -0.3 is 10.6 Å². The number of aromatic nitrogens is 1. The first-order valence-electron chi connectivity index (χ1n) is 6.17. The Labute approximate surface area is 127 Å². The van der Waals surface area contributed by atoms with Crippen LogP contribution >= 0.6 is 22.9 Å².